The third-order valence-corrected chi connectivity index (χ3v) is 6.24. The first-order chi connectivity index (χ1) is 14.8. The number of fused-ring (bicyclic) bond motifs is 1. The van der Waals surface area contributed by atoms with Gasteiger partial charge in [0.15, 0.2) is 11.5 Å². The first-order valence-electron chi connectivity index (χ1n) is 9.69. The van der Waals surface area contributed by atoms with Gasteiger partial charge in [0.1, 0.15) is 5.54 Å². The van der Waals surface area contributed by atoms with E-state index in [1.54, 1.807) is 32.0 Å². The summed E-state index contributed by atoms with van der Waals surface area (Å²) in [7, 11) is 0. The summed E-state index contributed by atoms with van der Waals surface area (Å²) in [5.41, 5.74) is -0.709. The number of urea groups is 1. The molecule has 164 valence electrons. The molecule has 10 nitrogen and oxygen atoms in total. The number of amides is 4. The monoisotopic (exact) mass is 447 g/mol. The summed E-state index contributed by atoms with van der Waals surface area (Å²) in [6, 6.07) is 4.51. The van der Waals surface area contributed by atoms with Gasteiger partial charge in [-0.15, -0.1) is 0 Å². The van der Waals surface area contributed by atoms with Gasteiger partial charge in [-0.25, -0.2) is 9.59 Å². The topological polar surface area (TPSA) is 114 Å². The Bertz CT molecular complexity index is 995. The largest absolute Gasteiger partial charge is 0.463 e. The molecule has 1 aromatic rings. The van der Waals surface area contributed by atoms with Crippen LogP contribution in [0.5, 0.6) is 11.5 Å². The van der Waals surface area contributed by atoms with Crippen LogP contribution in [0.2, 0.25) is 0 Å². The van der Waals surface area contributed by atoms with Crippen molar-refractivity contribution in [2.75, 3.05) is 32.2 Å². The second-order valence-electron chi connectivity index (χ2n) is 7.15. The van der Waals surface area contributed by atoms with Gasteiger partial charge in [0.2, 0.25) is 12.7 Å². The quantitative estimate of drug-likeness (QED) is 0.393. The summed E-state index contributed by atoms with van der Waals surface area (Å²) < 4.78 is 15.6. The minimum atomic E-state index is -1.27. The van der Waals surface area contributed by atoms with Crippen LogP contribution in [0.1, 0.15) is 19.4 Å². The average Bonchev–Trinajstić information content (AvgIpc) is 3.39. The first-order valence-corrected chi connectivity index (χ1v) is 10.7. The number of benzene rings is 1. The van der Waals surface area contributed by atoms with E-state index in [4.69, 9.17) is 14.2 Å². The lowest BCUT2D eigenvalue weighted by Gasteiger charge is -2.23. The maximum absolute atomic E-state index is 13.1. The fourth-order valence-electron chi connectivity index (χ4n) is 3.56. The van der Waals surface area contributed by atoms with Crippen LogP contribution in [0.25, 0.3) is 0 Å². The molecule has 2 fully saturated rings. The Kier molecular flexibility index (Phi) is 5.52. The number of carbonyl (C=O) groups excluding carboxylic acids is 4. The second kappa shape index (κ2) is 8.14. The lowest BCUT2D eigenvalue weighted by molar-refractivity contribution is -0.137. The standard InChI is InChI=1S/C20H21N3O7S/c1-3-28-17(25)9-16-22(15(24)10-31-16)6-7-23-18(26)20(2,21-19(23)27)12-4-5-13-14(8-12)30-11-29-13/h4-5,8-9H,3,6-7,10-11H2,1-2H3,(H,21,27)/b16-9-/t20-/m0/s1. The van der Waals surface area contributed by atoms with Gasteiger partial charge in [-0.2, -0.15) is 0 Å². The van der Waals surface area contributed by atoms with Crippen molar-refractivity contribution in [1.29, 1.82) is 0 Å². The van der Waals surface area contributed by atoms with Crippen molar-refractivity contribution in [3.05, 3.63) is 34.9 Å². The number of rotatable bonds is 6. The van der Waals surface area contributed by atoms with E-state index < -0.39 is 23.4 Å². The van der Waals surface area contributed by atoms with Crippen LogP contribution in [0.4, 0.5) is 4.79 Å². The summed E-state index contributed by atoms with van der Waals surface area (Å²) in [5, 5.41) is 3.17. The Hall–Kier alpha value is -3.21. The molecule has 1 N–H and O–H groups in total. The van der Waals surface area contributed by atoms with Crippen molar-refractivity contribution in [3.8, 4) is 11.5 Å². The molecule has 0 radical (unpaired) electrons. The van der Waals surface area contributed by atoms with E-state index >= 15 is 0 Å². The van der Waals surface area contributed by atoms with E-state index in [0.717, 1.165) is 4.90 Å². The summed E-state index contributed by atoms with van der Waals surface area (Å²) in [4.78, 5) is 52.2. The lowest BCUT2D eigenvalue weighted by Crippen LogP contribution is -2.42. The molecule has 0 spiro atoms. The van der Waals surface area contributed by atoms with Gasteiger partial charge >= 0.3 is 12.0 Å². The smallest absolute Gasteiger partial charge is 0.333 e. The number of hydrogen-bond donors (Lipinski definition) is 1. The summed E-state index contributed by atoms with van der Waals surface area (Å²) in [6.07, 6.45) is 1.25. The van der Waals surface area contributed by atoms with Crippen LogP contribution in [-0.2, 0) is 24.7 Å². The number of hydrogen-bond acceptors (Lipinski definition) is 8. The molecule has 0 aliphatic carbocycles. The minimum absolute atomic E-state index is 0.0166. The van der Waals surface area contributed by atoms with Crippen LogP contribution >= 0.6 is 11.8 Å². The molecule has 0 bridgehead atoms. The molecule has 31 heavy (non-hydrogen) atoms. The Morgan fingerprint density at radius 2 is 1.97 bits per heavy atom. The molecular formula is C20H21N3O7S. The van der Waals surface area contributed by atoms with E-state index in [0.29, 0.717) is 22.1 Å². The minimum Gasteiger partial charge on any atom is -0.463 e. The highest BCUT2D eigenvalue weighted by atomic mass is 32.2. The maximum atomic E-state index is 13.1. The van der Waals surface area contributed by atoms with Gasteiger partial charge in [-0.05, 0) is 31.5 Å². The Morgan fingerprint density at radius 1 is 1.23 bits per heavy atom. The zero-order chi connectivity index (χ0) is 22.2. The molecule has 0 saturated carbocycles. The molecule has 4 amide bonds. The summed E-state index contributed by atoms with van der Waals surface area (Å²) >= 11 is 1.21. The predicted octanol–water partition coefficient (Wildman–Crippen LogP) is 1.16. The van der Waals surface area contributed by atoms with Crippen molar-refractivity contribution in [3.63, 3.8) is 0 Å². The fraction of sp³-hybridized carbons (Fsp3) is 0.400. The average molecular weight is 447 g/mol. The molecule has 1 atom stereocenters. The highest BCUT2D eigenvalue weighted by molar-refractivity contribution is 8.04. The third-order valence-electron chi connectivity index (χ3n) is 5.21. The Labute approximate surface area is 182 Å². The first kappa shape index (κ1) is 21.0. The number of nitrogens with one attached hydrogen (secondary N) is 1. The van der Waals surface area contributed by atoms with Crippen molar-refractivity contribution >= 4 is 35.6 Å². The van der Waals surface area contributed by atoms with Gasteiger partial charge in [0.05, 0.1) is 23.5 Å². The number of nitrogens with zero attached hydrogens (tertiary/aromatic N) is 2. The molecule has 2 saturated heterocycles. The molecule has 3 aliphatic heterocycles. The number of imide groups is 1. The molecule has 3 heterocycles. The molecule has 0 unspecified atom stereocenters. The van der Waals surface area contributed by atoms with Crippen molar-refractivity contribution in [2.45, 2.75) is 19.4 Å². The van der Waals surface area contributed by atoms with Gasteiger partial charge in [0, 0.05) is 13.1 Å². The fourth-order valence-corrected chi connectivity index (χ4v) is 4.51. The molecule has 4 rings (SSSR count). The molecule has 0 aromatic heterocycles. The van der Waals surface area contributed by atoms with Crippen LogP contribution in [0, 0.1) is 0 Å². The van der Waals surface area contributed by atoms with Gasteiger partial charge in [0.25, 0.3) is 5.91 Å². The SMILES string of the molecule is CCOC(=O)/C=C1\SCC(=O)N1CCN1C(=O)N[C@@](C)(c2ccc3c(c2)OCO3)C1=O. The van der Waals surface area contributed by atoms with Crippen LogP contribution in [-0.4, -0.2) is 65.9 Å². The van der Waals surface area contributed by atoms with Crippen molar-refractivity contribution in [2.24, 2.45) is 0 Å². The van der Waals surface area contributed by atoms with E-state index in [9.17, 15) is 19.2 Å². The maximum Gasteiger partial charge on any atom is 0.333 e. The molecular weight excluding hydrogens is 426 g/mol. The molecule has 11 heteroatoms. The van der Waals surface area contributed by atoms with E-state index in [1.165, 1.54) is 22.7 Å². The molecule has 3 aliphatic rings. The highest BCUT2D eigenvalue weighted by Gasteiger charge is 2.49. The van der Waals surface area contributed by atoms with Gasteiger partial charge < -0.3 is 24.4 Å². The predicted molar refractivity (Wildman–Crippen MR) is 109 cm³/mol. The Morgan fingerprint density at radius 3 is 2.74 bits per heavy atom. The third kappa shape index (κ3) is 3.80. The van der Waals surface area contributed by atoms with Crippen LogP contribution in [0.3, 0.4) is 0 Å². The summed E-state index contributed by atoms with van der Waals surface area (Å²) in [5.74, 6) is 0.0766. The van der Waals surface area contributed by atoms with E-state index in [2.05, 4.69) is 5.32 Å². The number of ether oxygens (including phenoxy) is 3. The zero-order valence-corrected chi connectivity index (χ0v) is 17.8. The molecule has 1 aromatic carbocycles. The number of thioether (sulfide) groups is 1. The van der Waals surface area contributed by atoms with Crippen molar-refractivity contribution < 1.29 is 33.4 Å². The lowest BCUT2D eigenvalue weighted by atomic mass is 9.91. The van der Waals surface area contributed by atoms with E-state index in [1.807, 2.05) is 0 Å². The number of esters is 1. The highest BCUT2D eigenvalue weighted by Crippen LogP contribution is 2.38. The summed E-state index contributed by atoms with van der Waals surface area (Å²) in [6.45, 7) is 3.70. The number of carbonyl (C=O) groups is 4. The van der Waals surface area contributed by atoms with Gasteiger partial charge in [-0.1, -0.05) is 17.8 Å². The van der Waals surface area contributed by atoms with Crippen LogP contribution < -0.4 is 14.8 Å². The normalized spacial score (nSPS) is 23.7. The van der Waals surface area contributed by atoms with Gasteiger partial charge in [-0.3, -0.25) is 14.5 Å². The van der Waals surface area contributed by atoms with E-state index in [-0.39, 0.29) is 38.1 Å². The second-order valence-corrected chi connectivity index (χ2v) is 8.14. The Balaban J connectivity index is 1.48. The zero-order valence-electron chi connectivity index (χ0n) is 17.0. The van der Waals surface area contributed by atoms with Crippen LogP contribution in [0.15, 0.2) is 29.3 Å². The van der Waals surface area contributed by atoms with Crippen molar-refractivity contribution in [1.82, 2.24) is 15.1 Å².